The molecule has 0 bridgehead atoms. The Hall–Kier alpha value is -1.89. The molecule has 2 atom stereocenters. The number of rotatable bonds is 4. The second-order valence-electron chi connectivity index (χ2n) is 4.55. The molecule has 7 nitrogen and oxygen atoms in total. The lowest BCUT2D eigenvalue weighted by molar-refractivity contribution is -0.137. The van der Waals surface area contributed by atoms with Crippen LogP contribution in [0.3, 0.4) is 0 Å². The number of carbonyl (C=O) groups excluding carboxylic acids is 1. The van der Waals surface area contributed by atoms with E-state index in [1.807, 2.05) is 6.92 Å². The van der Waals surface area contributed by atoms with Crippen molar-refractivity contribution in [1.29, 1.82) is 0 Å². The number of hydrogen-bond acceptors (Lipinski definition) is 4. The molecule has 18 heavy (non-hydrogen) atoms. The second-order valence-corrected chi connectivity index (χ2v) is 4.55. The SMILES string of the molecule is CC1CNCC1C(=O)Nc1cnn(CC(=O)O)c1. The summed E-state index contributed by atoms with van der Waals surface area (Å²) in [6, 6.07) is 0. The topological polar surface area (TPSA) is 96.3 Å². The third-order valence-electron chi connectivity index (χ3n) is 3.05. The molecule has 0 aromatic carbocycles. The van der Waals surface area contributed by atoms with Gasteiger partial charge in [0.15, 0.2) is 0 Å². The van der Waals surface area contributed by atoms with Crippen LogP contribution >= 0.6 is 0 Å². The largest absolute Gasteiger partial charge is 0.480 e. The summed E-state index contributed by atoms with van der Waals surface area (Å²) in [7, 11) is 0. The maximum absolute atomic E-state index is 12.0. The Labute approximate surface area is 104 Å². The van der Waals surface area contributed by atoms with Gasteiger partial charge in [-0.1, -0.05) is 6.92 Å². The van der Waals surface area contributed by atoms with Gasteiger partial charge in [-0.05, 0) is 12.5 Å². The summed E-state index contributed by atoms with van der Waals surface area (Å²) in [5.74, 6) is -0.765. The number of carbonyl (C=O) groups is 2. The maximum Gasteiger partial charge on any atom is 0.325 e. The highest BCUT2D eigenvalue weighted by atomic mass is 16.4. The van der Waals surface area contributed by atoms with Crippen molar-refractivity contribution in [1.82, 2.24) is 15.1 Å². The van der Waals surface area contributed by atoms with E-state index in [1.54, 1.807) is 0 Å². The van der Waals surface area contributed by atoms with Gasteiger partial charge >= 0.3 is 5.97 Å². The highest BCUT2D eigenvalue weighted by Crippen LogP contribution is 2.18. The molecule has 0 spiro atoms. The molecular formula is C11H16N4O3. The highest BCUT2D eigenvalue weighted by molar-refractivity contribution is 5.92. The molecule has 2 unspecified atom stereocenters. The number of nitrogens with one attached hydrogen (secondary N) is 2. The molecule has 0 aliphatic carbocycles. The lowest BCUT2D eigenvalue weighted by atomic mass is 9.97. The first-order chi connectivity index (χ1) is 8.56. The molecule has 1 aliphatic rings. The predicted molar refractivity (Wildman–Crippen MR) is 64.0 cm³/mol. The van der Waals surface area contributed by atoms with Crippen LogP contribution in [0, 0.1) is 11.8 Å². The molecule has 1 aliphatic heterocycles. The number of amides is 1. The van der Waals surface area contributed by atoms with Crippen LogP contribution in [0.25, 0.3) is 0 Å². The van der Waals surface area contributed by atoms with Crippen LogP contribution < -0.4 is 10.6 Å². The van der Waals surface area contributed by atoms with Gasteiger partial charge in [0.05, 0.1) is 17.8 Å². The minimum Gasteiger partial charge on any atom is -0.480 e. The zero-order valence-corrected chi connectivity index (χ0v) is 10.1. The Morgan fingerprint density at radius 3 is 3.00 bits per heavy atom. The third-order valence-corrected chi connectivity index (χ3v) is 3.05. The van der Waals surface area contributed by atoms with Gasteiger partial charge in [-0.2, -0.15) is 5.10 Å². The lowest BCUT2D eigenvalue weighted by Crippen LogP contribution is -2.27. The van der Waals surface area contributed by atoms with E-state index in [9.17, 15) is 9.59 Å². The number of nitrogens with zero attached hydrogens (tertiary/aromatic N) is 2. The van der Waals surface area contributed by atoms with E-state index in [0.717, 1.165) is 6.54 Å². The molecule has 1 fully saturated rings. The zero-order valence-electron chi connectivity index (χ0n) is 10.1. The molecule has 2 rings (SSSR count). The van der Waals surface area contributed by atoms with Gasteiger partial charge in [0.25, 0.3) is 0 Å². The van der Waals surface area contributed by atoms with Crippen LogP contribution in [0.5, 0.6) is 0 Å². The number of carboxylic acids is 1. The minimum absolute atomic E-state index is 0.0483. The van der Waals surface area contributed by atoms with E-state index in [1.165, 1.54) is 17.1 Å². The van der Waals surface area contributed by atoms with Gasteiger partial charge < -0.3 is 15.7 Å². The van der Waals surface area contributed by atoms with Crippen molar-refractivity contribution in [2.45, 2.75) is 13.5 Å². The van der Waals surface area contributed by atoms with Crippen LogP contribution in [-0.2, 0) is 16.1 Å². The summed E-state index contributed by atoms with van der Waals surface area (Å²) in [5, 5.41) is 18.4. The molecule has 2 heterocycles. The van der Waals surface area contributed by atoms with Gasteiger partial charge in [0, 0.05) is 12.7 Å². The molecule has 98 valence electrons. The van der Waals surface area contributed by atoms with E-state index in [4.69, 9.17) is 5.11 Å². The second kappa shape index (κ2) is 5.18. The quantitative estimate of drug-likeness (QED) is 0.687. The van der Waals surface area contributed by atoms with Crippen molar-refractivity contribution in [3.05, 3.63) is 12.4 Å². The number of aromatic nitrogens is 2. The molecule has 0 saturated carbocycles. The standard InChI is InChI=1S/C11H16N4O3/c1-7-2-12-4-9(7)11(18)14-8-3-13-15(5-8)6-10(16)17/h3,5,7,9,12H,2,4,6H2,1H3,(H,14,18)(H,16,17). The van der Waals surface area contributed by atoms with Crippen molar-refractivity contribution >= 4 is 17.6 Å². The van der Waals surface area contributed by atoms with Crippen LogP contribution in [0.1, 0.15) is 6.92 Å². The Morgan fingerprint density at radius 2 is 2.39 bits per heavy atom. The van der Waals surface area contributed by atoms with Gasteiger partial charge in [-0.3, -0.25) is 14.3 Å². The number of carboxylic acid groups (broad SMARTS) is 1. The van der Waals surface area contributed by atoms with Crippen molar-refractivity contribution < 1.29 is 14.7 Å². The van der Waals surface area contributed by atoms with Gasteiger partial charge in [0.2, 0.25) is 5.91 Å². The van der Waals surface area contributed by atoms with Crippen molar-refractivity contribution in [2.75, 3.05) is 18.4 Å². The Balaban J connectivity index is 1.94. The average molecular weight is 252 g/mol. The number of anilines is 1. The number of hydrogen-bond donors (Lipinski definition) is 3. The Morgan fingerprint density at radius 1 is 1.61 bits per heavy atom. The molecule has 1 aromatic rings. The van der Waals surface area contributed by atoms with E-state index < -0.39 is 5.97 Å². The van der Waals surface area contributed by atoms with E-state index in [0.29, 0.717) is 18.2 Å². The van der Waals surface area contributed by atoms with Crippen molar-refractivity contribution in [3.63, 3.8) is 0 Å². The molecule has 3 N–H and O–H groups in total. The smallest absolute Gasteiger partial charge is 0.325 e. The van der Waals surface area contributed by atoms with E-state index in [2.05, 4.69) is 15.7 Å². The van der Waals surface area contributed by atoms with Crippen LogP contribution in [0.15, 0.2) is 12.4 Å². The summed E-state index contributed by atoms with van der Waals surface area (Å²) in [4.78, 5) is 22.4. The molecule has 1 saturated heterocycles. The minimum atomic E-state index is -0.968. The maximum atomic E-state index is 12.0. The van der Waals surface area contributed by atoms with E-state index in [-0.39, 0.29) is 18.4 Å². The molecule has 0 radical (unpaired) electrons. The summed E-state index contributed by atoms with van der Waals surface area (Å²) >= 11 is 0. The fraction of sp³-hybridized carbons (Fsp3) is 0.545. The molecule has 7 heteroatoms. The first-order valence-corrected chi connectivity index (χ1v) is 5.82. The molecule has 1 amide bonds. The summed E-state index contributed by atoms with van der Waals surface area (Å²) in [6.45, 7) is 3.34. The zero-order chi connectivity index (χ0) is 13.1. The fourth-order valence-electron chi connectivity index (χ4n) is 2.05. The fourth-order valence-corrected chi connectivity index (χ4v) is 2.05. The predicted octanol–water partition coefficient (Wildman–Crippen LogP) is -0.238. The first kappa shape index (κ1) is 12.6. The summed E-state index contributed by atoms with van der Waals surface area (Å²) in [5.41, 5.74) is 0.528. The Kier molecular flexibility index (Phi) is 3.61. The monoisotopic (exact) mass is 252 g/mol. The normalized spacial score (nSPS) is 22.9. The molecular weight excluding hydrogens is 236 g/mol. The first-order valence-electron chi connectivity index (χ1n) is 5.82. The van der Waals surface area contributed by atoms with Gasteiger partial charge in [-0.25, -0.2) is 0 Å². The van der Waals surface area contributed by atoms with Gasteiger partial charge in [0.1, 0.15) is 6.54 Å². The average Bonchev–Trinajstić information content (AvgIpc) is 2.87. The highest BCUT2D eigenvalue weighted by Gasteiger charge is 2.29. The molecule has 1 aromatic heterocycles. The number of aliphatic carboxylic acids is 1. The van der Waals surface area contributed by atoms with Crippen LogP contribution in [0.4, 0.5) is 5.69 Å². The van der Waals surface area contributed by atoms with Crippen molar-refractivity contribution in [2.24, 2.45) is 11.8 Å². The van der Waals surface area contributed by atoms with E-state index >= 15 is 0 Å². The van der Waals surface area contributed by atoms with Crippen LogP contribution in [-0.4, -0.2) is 39.9 Å². The third kappa shape index (κ3) is 2.86. The van der Waals surface area contributed by atoms with Crippen LogP contribution in [0.2, 0.25) is 0 Å². The van der Waals surface area contributed by atoms with Gasteiger partial charge in [-0.15, -0.1) is 0 Å². The van der Waals surface area contributed by atoms with Crippen molar-refractivity contribution in [3.8, 4) is 0 Å². The summed E-state index contributed by atoms with van der Waals surface area (Å²) < 4.78 is 1.27. The Bertz CT molecular complexity index is 457. The summed E-state index contributed by atoms with van der Waals surface area (Å²) in [6.07, 6.45) is 2.97. The lowest BCUT2D eigenvalue weighted by Gasteiger charge is -2.12.